The highest BCUT2D eigenvalue weighted by Crippen LogP contribution is 2.02. The Morgan fingerprint density at radius 2 is 2.50 bits per heavy atom. The fraction of sp³-hybridized carbons (Fsp3) is 0.875. The van der Waals surface area contributed by atoms with Crippen molar-refractivity contribution in [2.45, 2.75) is 19.4 Å². The monoisotopic (exact) mass is 172 g/mol. The maximum Gasteiger partial charge on any atom is 0.304 e. The van der Waals surface area contributed by atoms with Gasteiger partial charge in [0.1, 0.15) is 0 Å². The van der Waals surface area contributed by atoms with Crippen LogP contribution in [0.1, 0.15) is 13.3 Å². The van der Waals surface area contributed by atoms with Gasteiger partial charge < -0.3 is 10.4 Å². The second-order valence-electron chi connectivity index (χ2n) is 3.23. The van der Waals surface area contributed by atoms with Gasteiger partial charge in [-0.25, -0.2) is 0 Å². The van der Waals surface area contributed by atoms with Crippen molar-refractivity contribution in [2.75, 3.05) is 26.2 Å². The molecule has 0 saturated carbocycles. The lowest BCUT2D eigenvalue weighted by atomic mass is 10.2. The van der Waals surface area contributed by atoms with Crippen LogP contribution in [-0.2, 0) is 4.79 Å². The number of nitrogens with one attached hydrogen (secondary N) is 1. The van der Waals surface area contributed by atoms with Crippen LogP contribution in [0, 0.1) is 0 Å². The van der Waals surface area contributed by atoms with E-state index in [1.807, 2.05) is 0 Å². The number of carboxylic acid groups (broad SMARTS) is 1. The number of rotatable bonds is 3. The Morgan fingerprint density at radius 3 is 3.08 bits per heavy atom. The first-order valence-electron chi connectivity index (χ1n) is 4.36. The normalized spacial score (nSPS) is 25.6. The summed E-state index contributed by atoms with van der Waals surface area (Å²) in [7, 11) is 0. The van der Waals surface area contributed by atoms with Gasteiger partial charge >= 0.3 is 5.97 Å². The predicted molar refractivity (Wildman–Crippen MR) is 46.2 cm³/mol. The number of hydrogen-bond acceptors (Lipinski definition) is 3. The lowest BCUT2D eigenvalue weighted by Crippen LogP contribution is -2.50. The maximum atomic E-state index is 10.3. The molecule has 2 N–H and O–H groups in total. The van der Waals surface area contributed by atoms with Crippen molar-refractivity contribution in [1.29, 1.82) is 0 Å². The molecule has 4 nitrogen and oxygen atoms in total. The number of aliphatic carboxylic acids is 1. The van der Waals surface area contributed by atoms with Crippen LogP contribution in [0.2, 0.25) is 0 Å². The van der Waals surface area contributed by atoms with E-state index in [2.05, 4.69) is 17.1 Å². The molecule has 1 heterocycles. The minimum Gasteiger partial charge on any atom is -0.481 e. The maximum absolute atomic E-state index is 10.3. The van der Waals surface area contributed by atoms with Crippen LogP contribution >= 0.6 is 0 Å². The Labute approximate surface area is 72.6 Å². The van der Waals surface area contributed by atoms with Crippen LogP contribution in [0.25, 0.3) is 0 Å². The Hall–Kier alpha value is -0.610. The zero-order valence-corrected chi connectivity index (χ0v) is 7.42. The third kappa shape index (κ3) is 2.79. The van der Waals surface area contributed by atoms with Crippen LogP contribution in [0.3, 0.4) is 0 Å². The molecule has 0 amide bonds. The average Bonchev–Trinajstić information content (AvgIpc) is 2.03. The summed E-state index contributed by atoms with van der Waals surface area (Å²) in [6.45, 7) is 5.71. The third-order valence-electron chi connectivity index (χ3n) is 2.25. The van der Waals surface area contributed by atoms with Crippen molar-refractivity contribution in [2.24, 2.45) is 0 Å². The van der Waals surface area contributed by atoms with Crippen molar-refractivity contribution in [3.05, 3.63) is 0 Å². The van der Waals surface area contributed by atoms with Crippen LogP contribution in [0.15, 0.2) is 0 Å². The first-order chi connectivity index (χ1) is 5.70. The van der Waals surface area contributed by atoms with Crippen molar-refractivity contribution < 1.29 is 9.90 Å². The van der Waals surface area contributed by atoms with E-state index in [1.165, 1.54) is 0 Å². The molecule has 0 aliphatic carbocycles. The van der Waals surface area contributed by atoms with Gasteiger partial charge in [-0.15, -0.1) is 0 Å². The van der Waals surface area contributed by atoms with Crippen molar-refractivity contribution in [1.82, 2.24) is 10.2 Å². The van der Waals surface area contributed by atoms with Gasteiger partial charge in [-0.1, -0.05) is 0 Å². The van der Waals surface area contributed by atoms with Crippen molar-refractivity contribution in [3.63, 3.8) is 0 Å². The Bertz CT molecular complexity index is 161. The van der Waals surface area contributed by atoms with E-state index in [0.717, 1.165) is 19.6 Å². The standard InChI is InChI=1S/C8H16N2O2/c1-7-6-9-3-5-10(7)4-2-8(11)12/h7,9H,2-6H2,1H3,(H,11,12). The fourth-order valence-electron chi connectivity index (χ4n) is 1.45. The molecule has 0 aromatic rings. The minimum atomic E-state index is -0.708. The molecule has 0 spiro atoms. The fourth-order valence-corrected chi connectivity index (χ4v) is 1.45. The van der Waals surface area contributed by atoms with Gasteiger partial charge in [0, 0.05) is 32.2 Å². The van der Waals surface area contributed by atoms with E-state index in [-0.39, 0.29) is 6.42 Å². The van der Waals surface area contributed by atoms with Crippen LogP contribution in [0.5, 0.6) is 0 Å². The van der Waals surface area contributed by atoms with E-state index in [0.29, 0.717) is 12.6 Å². The average molecular weight is 172 g/mol. The molecule has 0 bridgehead atoms. The summed E-state index contributed by atoms with van der Waals surface area (Å²) < 4.78 is 0. The zero-order valence-electron chi connectivity index (χ0n) is 7.42. The van der Waals surface area contributed by atoms with Gasteiger partial charge in [-0.2, -0.15) is 0 Å². The Kier molecular flexibility index (Phi) is 3.49. The smallest absolute Gasteiger partial charge is 0.304 e. The van der Waals surface area contributed by atoms with Gasteiger partial charge in [0.05, 0.1) is 6.42 Å². The van der Waals surface area contributed by atoms with Crippen molar-refractivity contribution >= 4 is 5.97 Å². The molecule has 0 aromatic heterocycles. The van der Waals surface area contributed by atoms with E-state index in [1.54, 1.807) is 0 Å². The molecule has 1 saturated heterocycles. The van der Waals surface area contributed by atoms with Crippen molar-refractivity contribution in [3.8, 4) is 0 Å². The summed E-state index contributed by atoms with van der Waals surface area (Å²) in [5.74, 6) is -0.708. The molecule has 1 aliphatic heterocycles. The molecule has 0 radical (unpaired) electrons. The van der Waals surface area contributed by atoms with E-state index < -0.39 is 5.97 Å². The quantitative estimate of drug-likeness (QED) is 0.616. The van der Waals surface area contributed by atoms with E-state index >= 15 is 0 Å². The van der Waals surface area contributed by atoms with E-state index in [4.69, 9.17) is 5.11 Å². The van der Waals surface area contributed by atoms with Gasteiger partial charge in [-0.05, 0) is 6.92 Å². The zero-order chi connectivity index (χ0) is 8.97. The summed E-state index contributed by atoms with van der Waals surface area (Å²) in [4.78, 5) is 12.5. The first kappa shape index (κ1) is 9.48. The SMILES string of the molecule is CC1CNCCN1CCC(=O)O. The lowest BCUT2D eigenvalue weighted by molar-refractivity contribution is -0.137. The molecular weight excluding hydrogens is 156 g/mol. The van der Waals surface area contributed by atoms with Gasteiger partial charge in [-0.3, -0.25) is 9.69 Å². The first-order valence-corrected chi connectivity index (χ1v) is 4.36. The van der Waals surface area contributed by atoms with Crippen LogP contribution in [0.4, 0.5) is 0 Å². The summed E-state index contributed by atoms with van der Waals surface area (Å²) in [6.07, 6.45) is 0.254. The molecule has 4 heteroatoms. The number of hydrogen-bond donors (Lipinski definition) is 2. The van der Waals surface area contributed by atoms with Crippen LogP contribution in [-0.4, -0.2) is 48.2 Å². The highest BCUT2D eigenvalue weighted by molar-refractivity contribution is 5.66. The van der Waals surface area contributed by atoms with Gasteiger partial charge in [0.25, 0.3) is 0 Å². The number of nitrogens with zero attached hydrogens (tertiary/aromatic N) is 1. The predicted octanol–water partition coefficient (Wildman–Crippen LogP) is -0.245. The summed E-state index contributed by atoms with van der Waals surface area (Å²) in [5, 5.41) is 11.8. The molecule has 70 valence electrons. The highest BCUT2D eigenvalue weighted by atomic mass is 16.4. The summed E-state index contributed by atoms with van der Waals surface area (Å²) in [6, 6.07) is 0.470. The van der Waals surface area contributed by atoms with Gasteiger partial charge in [0.2, 0.25) is 0 Å². The molecule has 1 unspecified atom stereocenters. The van der Waals surface area contributed by atoms with Gasteiger partial charge in [0.15, 0.2) is 0 Å². The lowest BCUT2D eigenvalue weighted by Gasteiger charge is -2.33. The topological polar surface area (TPSA) is 52.6 Å². The second-order valence-corrected chi connectivity index (χ2v) is 3.23. The number of carboxylic acids is 1. The molecule has 1 rings (SSSR count). The summed E-state index contributed by atoms with van der Waals surface area (Å²) in [5.41, 5.74) is 0. The second kappa shape index (κ2) is 4.42. The number of piperazine rings is 1. The molecule has 12 heavy (non-hydrogen) atoms. The Morgan fingerprint density at radius 1 is 1.75 bits per heavy atom. The number of carbonyl (C=O) groups is 1. The largest absolute Gasteiger partial charge is 0.481 e. The molecular formula is C8H16N2O2. The molecule has 1 aliphatic rings. The Balaban J connectivity index is 2.24. The highest BCUT2D eigenvalue weighted by Gasteiger charge is 2.17. The molecule has 0 aromatic carbocycles. The molecule has 1 fully saturated rings. The minimum absolute atomic E-state index is 0.254. The molecule has 1 atom stereocenters. The third-order valence-corrected chi connectivity index (χ3v) is 2.25. The van der Waals surface area contributed by atoms with E-state index in [9.17, 15) is 4.79 Å². The van der Waals surface area contributed by atoms with Crippen LogP contribution < -0.4 is 5.32 Å². The summed E-state index contributed by atoms with van der Waals surface area (Å²) >= 11 is 0.